The number of aliphatic hydroxyl groups is 1. The molecule has 1 fully saturated rings. The highest BCUT2D eigenvalue weighted by Gasteiger charge is 2.23. The monoisotopic (exact) mass is 521 g/mol. The number of piperidine rings is 1. The van der Waals surface area contributed by atoms with Gasteiger partial charge in [0.1, 0.15) is 5.60 Å². The molecule has 4 aromatic rings. The number of aromatic nitrogens is 6. The van der Waals surface area contributed by atoms with Gasteiger partial charge in [-0.2, -0.15) is 10.1 Å². The van der Waals surface area contributed by atoms with Crippen LogP contribution in [-0.2, 0) is 12.1 Å². The minimum atomic E-state index is -1.05. The van der Waals surface area contributed by atoms with Gasteiger partial charge in [0.15, 0.2) is 11.5 Å². The van der Waals surface area contributed by atoms with Crippen molar-refractivity contribution < 1.29 is 5.11 Å². The fraction of sp³-hybridized carbons (Fsp3) is 0.385. The average Bonchev–Trinajstić information content (AvgIpc) is 3.51. The number of fused-ring (bicyclic) bond motifs is 1. The molecule has 4 N–H and O–H groups in total. The lowest BCUT2D eigenvalue weighted by Gasteiger charge is -2.30. The molecule has 11 heteroatoms. The van der Waals surface area contributed by atoms with Gasteiger partial charge in [-0.15, -0.1) is 5.10 Å². The van der Waals surface area contributed by atoms with Gasteiger partial charge in [0, 0.05) is 42.5 Å². The minimum Gasteiger partial charge on any atom is -0.384 e. The summed E-state index contributed by atoms with van der Waals surface area (Å²) in [5.41, 5.74) is 9.56. The lowest BCUT2D eigenvalue weighted by molar-refractivity contribution is 0.0734. The first-order valence-electron chi connectivity index (χ1n) is 12.3. The van der Waals surface area contributed by atoms with Gasteiger partial charge in [0.2, 0.25) is 5.95 Å². The van der Waals surface area contributed by atoms with Crippen LogP contribution in [0.25, 0.3) is 16.9 Å². The highest BCUT2D eigenvalue weighted by Crippen LogP contribution is 2.28. The van der Waals surface area contributed by atoms with E-state index in [2.05, 4.69) is 26.9 Å². The van der Waals surface area contributed by atoms with Gasteiger partial charge in [-0.25, -0.2) is 14.2 Å². The van der Waals surface area contributed by atoms with E-state index in [0.29, 0.717) is 34.7 Å². The van der Waals surface area contributed by atoms with E-state index in [4.69, 9.17) is 27.4 Å². The Bertz CT molecular complexity index is 1440. The summed E-state index contributed by atoms with van der Waals surface area (Å²) in [6.07, 6.45) is 5.36. The Hall–Kier alpha value is -3.47. The number of nitrogens with zero attached hydrogens (tertiary/aromatic N) is 7. The summed E-state index contributed by atoms with van der Waals surface area (Å²) in [6, 6.07) is 7.66. The van der Waals surface area contributed by atoms with Gasteiger partial charge < -0.3 is 21.1 Å². The van der Waals surface area contributed by atoms with Crippen molar-refractivity contribution in [2.45, 2.75) is 51.8 Å². The van der Waals surface area contributed by atoms with Crippen LogP contribution in [0.1, 0.15) is 50.6 Å². The van der Waals surface area contributed by atoms with Crippen LogP contribution in [0, 0.1) is 0 Å². The molecule has 37 heavy (non-hydrogen) atoms. The second-order valence-corrected chi connectivity index (χ2v) is 10.4. The van der Waals surface area contributed by atoms with E-state index in [0.717, 1.165) is 48.4 Å². The number of imidazole rings is 1. The van der Waals surface area contributed by atoms with E-state index in [-0.39, 0.29) is 6.04 Å². The molecule has 1 aliphatic heterocycles. The van der Waals surface area contributed by atoms with E-state index >= 15 is 0 Å². The number of benzene rings is 1. The Labute approximate surface area is 220 Å². The van der Waals surface area contributed by atoms with Gasteiger partial charge in [-0.1, -0.05) is 24.2 Å². The number of nitrogens with two attached hydrogens (primary N) is 1. The predicted octanol–water partition coefficient (Wildman–Crippen LogP) is 3.76. The fourth-order valence-electron chi connectivity index (χ4n) is 4.41. The van der Waals surface area contributed by atoms with Crippen molar-refractivity contribution in [3.63, 3.8) is 0 Å². The zero-order valence-electron chi connectivity index (χ0n) is 21.3. The van der Waals surface area contributed by atoms with E-state index < -0.39 is 5.60 Å². The van der Waals surface area contributed by atoms with Crippen molar-refractivity contribution in [3.05, 3.63) is 65.2 Å². The molecular formula is C26H32ClN9O. The molecule has 0 aliphatic carbocycles. The Kier molecular flexibility index (Phi) is 6.65. The van der Waals surface area contributed by atoms with Crippen molar-refractivity contribution in [1.82, 2.24) is 29.4 Å². The van der Waals surface area contributed by atoms with E-state index in [1.54, 1.807) is 35.3 Å². The number of nitrogens with one attached hydrogen (secondary N) is 1. The molecule has 0 spiro atoms. The molecule has 10 nitrogen and oxygen atoms in total. The summed E-state index contributed by atoms with van der Waals surface area (Å²) in [5, 5.41) is 23.8. The Morgan fingerprint density at radius 1 is 1.24 bits per heavy atom. The first-order valence-corrected chi connectivity index (χ1v) is 12.7. The number of hydrogen-bond acceptors (Lipinski definition) is 8. The summed E-state index contributed by atoms with van der Waals surface area (Å²) in [6.45, 7) is 11.4. The maximum absolute atomic E-state index is 10.4. The third-order valence-corrected chi connectivity index (χ3v) is 6.95. The zero-order chi connectivity index (χ0) is 26.3. The Morgan fingerprint density at radius 2 is 2.00 bits per heavy atom. The van der Waals surface area contributed by atoms with Crippen molar-refractivity contribution >= 4 is 34.6 Å². The molecule has 4 heterocycles. The Balaban J connectivity index is 1.51. The number of halogens is 1. The maximum atomic E-state index is 10.4. The molecule has 1 saturated heterocycles. The summed E-state index contributed by atoms with van der Waals surface area (Å²) in [4.78, 5) is 11.6. The van der Waals surface area contributed by atoms with Crippen LogP contribution in [0.2, 0.25) is 5.02 Å². The van der Waals surface area contributed by atoms with Crippen LogP contribution in [0.15, 0.2) is 43.2 Å². The second kappa shape index (κ2) is 9.77. The largest absolute Gasteiger partial charge is 0.384 e. The van der Waals surface area contributed by atoms with Crippen molar-refractivity contribution in [1.29, 1.82) is 0 Å². The molecule has 194 valence electrons. The molecule has 0 bridgehead atoms. The predicted molar refractivity (Wildman–Crippen MR) is 146 cm³/mol. The van der Waals surface area contributed by atoms with Crippen molar-refractivity contribution in [2.24, 2.45) is 5.73 Å². The summed E-state index contributed by atoms with van der Waals surface area (Å²) >= 11 is 6.66. The van der Waals surface area contributed by atoms with Crippen LogP contribution >= 0.6 is 11.6 Å². The molecule has 3 aromatic heterocycles. The highest BCUT2D eigenvalue weighted by atomic mass is 35.5. The lowest BCUT2D eigenvalue weighted by Crippen LogP contribution is -2.40. The fourth-order valence-corrected chi connectivity index (χ4v) is 4.64. The smallest absolute Gasteiger partial charge is 0.245 e. The van der Waals surface area contributed by atoms with Crippen LogP contribution < -0.4 is 16.0 Å². The van der Waals surface area contributed by atoms with E-state index in [1.807, 2.05) is 31.3 Å². The third-order valence-electron chi connectivity index (χ3n) is 6.60. The molecule has 1 aromatic carbocycles. The third kappa shape index (κ3) is 5.04. The zero-order valence-corrected chi connectivity index (χ0v) is 22.1. The van der Waals surface area contributed by atoms with E-state index in [1.165, 1.54) is 0 Å². The molecule has 0 amide bonds. The SMILES string of the molecule is C=C(C)c1cnc2c(NCc3c(Cl)cccc3-n3ccc(C(C)(C)O)n3)nc(N3CCC(N)CC3)nn12. The number of hydrogen-bond donors (Lipinski definition) is 3. The number of allylic oxidation sites excluding steroid dienone is 1. The van der Waals surface area contributed by atoms with Crippen LogP contribution in [0.4, 0.5) is 11.8 Å². The van der Waals surface area contributed by atoms with Crippen molar-refractivity contribution in [3.8, 4) is 5.69 Å². The van der Waals surface area contributed by atoms with Gasteiger partial charge in [0.05, 0.1) is 23.3 Å². The van der Waals surface area contributed by atoms with Crippen LogP contribution in [-0.4, -0.2) is 53.6 Å². The first kappa shape index (κ1) is 25.2. The number of anilines is 2. The molecule has 0 saturated carbocycles. The minimum absolute atomic E-state index is 0.203. The summed E-state index contributed by atoms with van der Waals surface area (Å²) in [7, 11) is 0. The average molecular weight is 522 g/mol. The molecular weight excluding hydrogens is 490 g/mol. The quantitative estimate of drug-likeness (QED) is 0.336. The molecule has 0 unspecified atom stereocenters. The molecule has 0 atom stereocenters. The normalized spacial score (nSPS) is 14.9. The molecule has 1 aliphatic rings. The molecule has 0 radical (unpaired) electrons. The second-order valence-electron chi connectivity index (χ2n) is 10.0. The van der Waals surface area contributed by atoms with Crippen molar-refractivity contribution in [2.75, 3.05) is 23.3 Å². The van der Waals surface area contributed by atoms with Gasteiger partial charge in [-0.05, 0) is 57.4 Å². The summed E-state index contributed by atoms with van der Waals surface area (Å²) in [5.74, 6) is 1.21. The van der Waals surface area contributed by atoms with Crippen LogP contribution in [0.3, 0.4) is 0 Å². The maximum Gasteiger partial charge on any atom is 0.245 e. The number of rotatable bonds is 7. The van der Waals surface area contributed by atoms with Gasteiger partial charge in [-0.3, -0.25) is 0 Å². The van der Waals surface area contributed by atoms with Crippen LogP contribution in [0.5, 0.6) is 0 Å². The highest BCUT2D eigenvalue weighted by molar-refractivity contribution is 6.31. The topological polar surface area (TPSA) is 122 Å². The summed E-state index contributed by atoms with van der Waals surface area (Å²) < 4.78 is 3.51. The molecule has 5 rings (SSSR count). The Morgan fingerprint density at radius 3 is 2.68 bits per heavy atom. The van der Waals surface area contributed by atoms with Gasteiger partial charge in [0.25, 0.3) is 0 Å². The standard InChI is InChI=1S/C26H32ClN9O/c1-16(2)21-15-30-24-23(31-25(33-36(21)24)34-11-8-17(28)9-12-34)29-14-18-19(27)6-5-7-20(18)35-13-10-22(32-35)26(3,4)37/h5-7,10,13,15,17,37H,1,8-9,11-12,14,28H2,2-4H3,(H,29,31,33). The van der Waals surface area contributed by atoms with Gasteiger partial charge >= 0.3 is 0 Å². The lowest BCUT2D eigenvalue weighted by atomic mass is 10.1. The first-order chi connectivity index (χ1) is 17.6. The van der Waals surface area contributed by atoms with E-state index in [9.17, 15) is 5.11 Å².